The van der Waals surface area contributed by atoms with Crippen LogP contribution in [0.5, 0.6) is 0 Å². The molecule has 0 spiro atoms. The third kappa shape index (κ3) is 2.68. The second kappa shape index (κ2) is 6.48. The fourth-order valence-corrected chi connectivity index (χ4v) is 7.77. The molecule has 4 aliphatic carbocycles. The van der Waals surface area contributed by atoms with Crippen molar-refractivity contribution < 1.29 is 14.3 Å². The minimum Gasteiger partial charge on any atom is -0.462 e. The zero-order valence-electron chi connectivity index (χ0n) is 16.5. The van der Waals surface area contributed by atoms with E-state index in [0.717, 1.165) is 31.1 Å². The van der Waals surface area contributed by atoms with E-state index in [1.165, 1.54) is 38.5 Å². The first-order valence-electron chi connectivity index (χ1n) is 10.6. The number of carbonyl (C=O) groups is 1. The molecule has 0 amide bonds. The van der Waals surface area contributed by atoms with Crippen molar-refractivity contribution in [3.8, 4) is 0 Å². The summed E-state index contributed by atoms with van der Waals surface area (Å²) in [7, 11) is 0. The number of fused-ring (bicyclic) bond motifs is 5. The zero-order valence-corrected chi connectivity index (χ0v) is 16.5. The molecule has 0 bridgehead atoms. The van der Waals surface area contributed by atoms with Crippen LogP contribution in [0.15, 0.2) is 4.99 Å². The molecule has 4 heteroatoms. The number of aliphatic imine (C=N–C) groups is 1. The van der Waals surface area contributed by atoms with Crippen LogP contribution in [0.4, 0.5) is 0 Å². The Morgan fingerprint density at radius 1 is 1.00 bits per heavy atom. The van der Waals surface area contributed by atoms with Crippen molar-refractivity contribution in [3.05, 3.63) is 0 Å². The second-order valence-corrected chi connectivity index (χ2v) is 10.0. The van der Waals surface area contributed by atoms with E-state index in [1.54, 1.807) is 13.0 Å². The molecule has 4 aliphatic rings. The molecule has 0 saturated heterocycles. The number of hydrogen-bond donors (Lipinski definition) is 0. The van der Waals surface area contributed by atoms with E-state index < -0.39 is 0 Å². The Morgan fingerprint density at radius 2 is 1.73 bits per heavy atom. The Balaban J connectivity index is 1.55. The van der Waals surface area contributed by atoms with Crippen molar-refractivity contribution in [1.29, 1.82) is 0 Å². The van der Waals surface area contributed by atoms with Gasteiger partial charge in [-0.25, -0.2) is 9.79 Å². The molecule has 0 radical (unpaired) electrons. The van der Waals surface area contributed by atoms with Gasteiger partial charge in [-0.1, -0.05) is 13.8 Å². The summed E-state index contributed by atoms with van der Waals surface area (Å²) in [5.74, 6) is 2.85. The van der Waals surface area contributed by atoms with Gasteiger partial charge in [0.05, 0.1) is 6.04 Å². The quantitative estimate of drug-likeness (QED) is 0.409. The van der Waals surface area contributed by atoms with E-state index in [4.69, 9.17) is 4.74 Å². The van der Waals surface area contributed by atoms with Crippen LogP contribution in [-0.4, -0.2) is 24.2 Å². The molecule has 0 aromatic rings. The highest BCUT2D eigenvalue weighted by molar-refractivity contribution is 5.66. The molecule has 3 unspecified atom stereocenters. The number of rotatable bonds is 2. The summed E-state index contributed by atoms with van der Waals surface area (Å²) in [6, 6.07) is 0.204. The molecule has 4 fully saturated rings. The van der Waals surface area contributed by atoms with Gasteiger partial charge in [0.25, 0.3) is 0 Å². The van der Waals surface area contributed by atoms with Gasteiger partial charge >= 0.3 is 5.97 Å². The summed E-state index contributed by atoms with van der Waals surface area (Å²) in [5.41, 5.74) is 0.577. The van der Waals surface area contributed by atoms with Crippen LogP contribution in [-0.2, 0) is 14.3 Å². The van der Waals surface area contributed by atoms with Crippen LogP contribution in [0.1, 0.15) is 78.6 Å². The first kappa shape index (κ1) is 18.2. The summed E-state index contributed by atoms with van der Waals surface area (Å²) in [4.78, 5) is 26.3. The molecule has 8 atom stereocenters. The molecule has 4 rings (SSSR count). The number of nitrogens with zero attached hydrogens (tertiary/aromatic N) is 1. The molecule has 0 heterocycles. The fourth-order valence-electron chi connectivity index (χ4n) is 7.77. The Bertz CT molecular complexity index is 627. The van der Waals surface area contributed by atoms with Crippen molar-refractivity contribution in [3.63, 3.8) is 0 Å². The summed E-state index contributed by atoms with van der Waals surface area (Å²) in [6.07, 6.45) is 12.5. The van der Waals surface area contributed by atoms with Crippen molar-refractivity contribution in [2.75, 3.05) is 0 Å². The normalized spacial score (nSPS) is 50.0. The Morgan fingerprint density at radius 3 is 2.46 bits per heavy atom. The van der Waals surface area contributed by atoms with Crippen LogP contribution in [0.3, 0.4) is 0 Å². The number of esters is 1. The van der Waals surface area contributed by atoms with Gasteiger partial charge in [-0.15, -0.1) is 0 Å². The highest BCUT2D eigenvalue weighted by atomic mass is 16.5. The molecule has 144 valence electrons. The van der Waals surface area contributed by atoms with E-state index >= 15 is 0 Å². The lowest BCUT2D eigenvalue weighted by molar-refractivity contribution is -0.161. The minimum absolute atomic E-state index is 0.120. The van der Waals surface area contributed by atoms with Gasteiger partial charge < -0.3 is 4.74 Å². The van der Waals surface area contributed by atoms with Crippen molar-refractivity contribution in [2.24, 2.45) is 39.5 Å². The molecule has 0 N–H and O–H groups in total. The first-order chi connectivity index (χ1) is 12.4. The summed E-state index contributed by atoms with van der Waals surface area (Å²) >= 11 is 0. The van der Waals surface area contributed by atoms with Crippen molar-refractivity contribution >= 4 is 12.0 Å². The predicted octanol–water partition coefficient (Wildman–Crippen LogP) is 4.67. The maximum atomic E-state index is 11.6. The van der Waals surface area contributed by atoms with Crippen LogP contribution in [0.2, 0.25) is 0 Å². The molecular weight excluding hydrogens is 326 g/mol. The summed E-state index contributed by atoms with van der Waals surface area (Å²) in [5, 5.41) is 0. The Hall–Kier alpha value is -1.15. The zero-order chi connectivity index (χ0) is 18.5. The van der Waals surface area contributed by atoms with Gasteiger partial charge in [-0.3, -0.25) is 4.79 Å². The fraction of sp³-hybridized carbons (Fsp3) is 0.909. The lowest BCUT2D eigenvalue weighted by Gasteiger charge is -2.60. The van der Waals surface area contributed by atoms with E-state index in [2.05, 4.69) is 18.8 Å². The van der Waals surface area contributed by atoms with Crippen LogP contribution < -0.4 is 0 Å². The SMILES string of the molecule is CC(=O)OC1CC[C@H]2[C@@H]3CCC4CC(N=C=O)CC[C@]4(C)[C@H]3CC[C@]12C. The van der Waals surface area contributed by atoms with Gasteiger partial charge in [0.15, 0.2) is 0 Å². The number of carbonyl (C=O) groups excluding carboxylic acids is 2. The highest BCUT2D eigenvalue weighted by Gasteiger charge is 2.61. The molecule has 4 nitrogen and oxygen atoms in total. The average molecular weight is 360 g/mol. The minimum atomic E-state index is -0.122. The second-order valence-electron chi connectivity index (χ2n) is 10.0. The lowest BCUT2D eigenvalue weighted by Crippen LogP contribution is -2.54. The van der Waals surface area contributed by atoms with Gasteiger partial charge in [0, 0.05) is 12.3 Å². The average Bonchev–Trinajstić information content (AvgIpc) is 2.91. The monoisotopic (exact) mass is 359 g/mol. The molecule has 4 saturated carbocycles. The van der Waals surface area contributed by atoms with E-state index in [0.29, 0.717) is 17.3 Å². The molecule has 26 heavy (non-hydrogen) atoms. The number of hydrogen-bond acceptors (Lipinski definition) is 4. The summed E-state index contributed by atoms with van der Waals surface area (Å²) < 4.78 is 5.75. The largest absolute Gasteiger partial charge is 0.462 e. The standard InChI is InChI=1S/C22H33NO3/c1-14(25)26-20-7-6-18-17-5-4-15-12-16(23-13-24)8-10-21(15,2)19(17)9-11-22(18,20)3/h15-20H,4-12H2,1-3H3/t15?,16?,17-,18-,19-,20?,21-,22-/m0/s1. The number of ether oxygens (including phenoxy) is 1. The molecular formula is C22H33NO3. The third-order valence-corrected chi connectivity index (χ3v) is 9.09. The third-order valence-electron chi connectivity index (χ3n) is 9.09. The van der Waals surface area contributed by atoms with Gasteiger partial charge in [-0.2, -0.15) is 0 Å². The summed E-state index contributed by atoms with van der Waals surface area (Å²) in [6.45, 7) is 6.46. The highest BCUT2D eigenvalue weighted by Crippen LogP contribution is 2.66. The lowest BCUT2D eigenvalue weighted by atomic mass is 9.45. The van der Waals surface area contributed by atoms with Crippen molar-refractivity contribution in [1.82, 2.24) is 0 Å². The van der Waals surface area contributed by atoms with Crippen LogP contribution in [0.25, 0.3) is 0 Å². The Kier molecular flexibility index (Phi) is 4.54. The van der Waals surface area contributed by atoms with Gasteiger partial charge in [0.2, 0.25) is 6.08 Å². The Labute approximate surface area is 157 Å². The topological polar surface area (TPSA) is 55.7 Å². The van der Waals surface area contributed by atoms with E-state index in [-0.39, 0.29) is 23.5 Å². The maximum absolute atomic E-state index is 11.6. The van der Waals surface area contributed by atoms with E-state index in [1.807, 2.05) is 0 Å². The van der Waals surface area contributed by atoms with Gasteiger partial charge in [-0.05, 0) is 86.9 Å². The molecule has 0 aromatic heterocycles. The first-order valence-corrected chi connectivity index (χ1v) is 10.6. The smallest absolute Gasteiger partial charge is 0.302 e. The number of isocyanates is 1. The van der Waals surface area contributed by atoms with Gasteiger partial charge in [0.1, 0.15) is 6.10 Å². The van der Waals surface area contributed by atoms with Crippen molar-refractivity contribution in [2.45, 2.75) is 90.7 Å². The maximum Gasteiger partial charge on any atom is 0.302 e. The van der Waals surface area contributed by atoms with E-state index in [9.17, 15) is 9.59 Å². The predicted molar refractivity (Wildman–Crippen MR) is 99.2 cm³/mol. The van der Waals surface area contributed by atoms with Crippen LogP contribution in [0, 0.1) is 34.5 Å². The molecule has 0 aromatic carbocycles. The molecule has 0 aliphatic heterocycles. The van der Waals surface area contributed by atoms with Crippen LogP contribution >= 0.6 is 0 Å².